The fourth-order valence-corrected chi connectivity index (χ4v) is 2.49. The van der Waals surface area contributed by atoms with Crippen LogP contribution in [0.2, 0.25) is 5.02 Å². The van der Waals surface area contributed by atoms with Gasteiger partial charge in [-0.15, -0.1) is 0 Å². The molecule has 18 heavy (non-hydrogen) atoms. The van der Waals surface area contributed by atoms with Gasteiger partial charge in [-0.05, 0) is 44.9 Å². The summed E-state index contributed by atoms with van der Waals surface area (Å²) < 4.78 is 11.0. The fraction of sp³-hybridized carbons (Fsp3) is 0.571. The van der Waals surface area contributed by atoms with Crippen LogP contribution in [0.5, 0.6) is 5.75 Å². The Morgan fingerprint density at radius 1 is 1.50 bits per heavy atom. The average Bonchev–Trinajstić information content (AvgIpc) is 2.66. The maximum atomic E-state index is 6.07. The molecular formula is C14H20ClNO2. The van der Waals surface area contributed by atoms with Gasteiger partial charge in [0.05, 0.1) is 23.8 Å². The predicted molar refractivity (Wildman–Crippen MR) is 74.7 cm³/mol. The van der Waals surface area contributed by atoms with Gasteiger partial charge in [-0.1, -0.05) is 11.6 Å². The first-order chi connectivity index (χ1) is 8.50. The van der Waals surface area contributed by atoms with Crippen molar-refractivity contribution in [2.45, 2.75) is 38.4 Å². The number of methoxy groups -OCH3 is 1. The van der Waals surface area contributed by atoms with Gasteiger partial charge in [0.25, 0.3) is 0 Å². The van der Waals surface area contributed by atoms with E-state index in [9.17, 15) is 0 Å². The molecule has 0 spiro atoms. The highest BCUT2D eigenvalue weighted by atomic mass is 35.5. The SMILES string of the molecule is COc1ccc(NCC2CCC(C)(C)O2)cc1Cl. The molecule has 1 N–H and O–H groups in total. The number of hydrogen-bond donors (Lipinski definition) is 1. The van der Waals surface area contributed by atoms with Crippen molar-refractivity contribution in [1.29, 1.82) is 0 Å². The van der Waals surface area contributed by atoms with E-state index in [2.05, 4.69) is 19.2 Å². The van der Waals surface area contributed by atoms with Crippen molar-refractivity contribution < 1.29 is 9.47 Å². The van der Waals surface area contributed by atoms with Crippen LogP contribution in [0.3, 0.4) is 0 Å². The van der Waals surface area contributed by atoms with Crippen molar-refractivity contribution in [3.63, 3.8) is 0 Å². The second kappa shape index (κ2) is 5.37. The molecule has 2 rings (SSSR count). The predicted octanol–water partition coefficient (Wildman–Crippen LogP) is 3.72. The van der Waals surface area contributed by atoms with Crippen LogP contribution in [0.4, 0.5) is 5.69 Å². The number of hydrogen-bond acceptors (Lipinski definition) is 3. The normalized spacial score (nSPS) is 21.9. The molecule has 1 unspecified atom stereocenters. The summed E-state index contributed by atoms with van der Waals surface area (Å²) in [6.07, 6.45) is 2.49. The van der Waals surface area contributed by atoms with E-state index in [0.29, 0.717) is 10.8 Å². The van der Waals surface area contributed by atoms with Crippen LogP contribution in [0.25, 0.3) is 0 Å². The van der Waals surface area contributed by atoms with Crippen molar-refractivity contribution in [2.75, 3.05) is 19.0 Å². The molecular weight excluding hydrogens is 250 g/mol. The van der Waals surface area contributed by atoms with Gasteiger partial charge in [-0.25, -0.2) is 0 Å². The fourth-order valence-electron chi connectivity index (χ4n) is 2.23. The summed E-state index contributed by atoms with van der Waals surface area (Å²) in [5.41, 5.74) is 1.01. The molecule has 1 atom stereocenters. The zero-order valence-electron chi connectivity index (χ0n) is 11.1. The minimum atomic E-state index is 0.0178. The summed E-state index contributed by atoms with van der Waals surface area (Å²) in [5, 5.41) is 3.97. The van der Waals surface area contributed by atoms with E-state index in [1.54, 1.807) is 7.11 Å². The van der Waals surface area contributed by atoms with E-state index in [-0.39, 0.29) is 11.7 Å². The maximum absolute atomic E-state index is 6.07. The number of benzene rings is 1. The third-order valence-electron chi connectivity index (χ3n) is 3.24. The second-order valence-corrected chi connectivity index (χ2v) is 5.68. The molecule has 0 bridgehead atoms. The second-order valence-electron chi connectivity index (χ2n) is 5.27. The first-order valence-electron chi connectivity index (χ1n) is 6.25. The molecule has 1 aromatic carbocycles. The zero-order chi connectivity index (χ0) is 13.2. The van der Waals surface area contributed by atoms with Crippen molar-refractivity contribution >= 4 is 17.3 Å². The van der Waals surface area contributed by atoms with Crippen LogP contribution in [0.15, 0.2) is 18.2 Å². The van der Waals surface area contributed by atoms with E-state index in [1.165, 1.54) is 0 Å². The van der Waals surface area contributed by atoms with Gasteiger partial charge in [0.15, 0.2) is 0 Å². The molecule has 1 aliphatic rings. The van der Waals surface area contributed by atoms with Crippen LogP contribution in [0, 0.1) is 0 Å². The summed E-state index contributed by atoms with van der Waals surface area (Å²) in [7, 11) is 1.61. The molecule has 0 saturated carbocycles. The summed E-state index contributed by atoms with van der Waals surface area (Å²) in [6.45, 7) is 5.08. The molecule has 1 fully saturated rings. The Labute approximate surface area is 113 Å². The van der Waals surface area contributed by atoms with Gasteiger partial charge in [-0.3, -0.25) is 0 Å². The number of anilines is 1. The number of halogens is 1. The molecule has 3 nitrogen and oxygen atoms in total. The number of rotatable bonds is 4. The Kier molecular flexibility index (Phi) is 4.03. The molecule has 0 aromatic heterocycles. The standard InChI is InChI=1S/C14H20ClNO2/c1-14(2)7-6-11(18-14)9-16-10-4-5-13(17-3)12(15)8-10/h4-5,8,11,16H,6-7,9H2,1-3H3. The highest BCUT2D eigenvalue weighted by Crippen LogP contribution is 2.30. The van der Waals surface area contributed by atoms with E-state index in [1.807, 2.05) is 18.2 Å². The maximum Gasteiger partial charge on any atom is 0.137 e. The minimum absolute atomic E-state index is 0.0178. The Balaban J connectivity index is 1.89. The first-order valence-corrected chi connectivity index (χ1v) is 6.63. The lowest BCUT2D eigenvalue weighted by atomic mass is 10.1. The summed E-state index contributed by atoms with van der Waals surface area (Å²) in [4.78, 5) is 0. The third-order valence-corrected chi connectivity index (χ3v) is 3.54. The van der Waals surface area contributed by atoms with Gasteiger partial charge in [0, 0.05) is 12.2 Å². The van der Waals surface area contributed by atoms with E-state index in [0.717, 1.165) is 25.1 Å². The molecule has 1 aromatic rings. The lowest BCUT2D eigenvalue weighted by Crippen LogP contribution is -2.24. The van der Waals surface area contributed by atoms with Crippen LogP contribution in [0.1, 0.15) is 26.7 Å². The zero-order valence-corrected chi connectivity index (χ0v) is 11.9. The lowest BCUT2D eigenvalue weighted by molar-refractivity contribution is -0.00910. The summed E-state index contributed by atoms with van der Waals surface area (Å²) in [6, 6.07) is 5.70. The van der Waals surface area contributed by atoms with Gasteiger partial charge in [0.2, 0.25) is 0 Å². The monoisotopic (exact) mass is 269 g/mol. The van der Waals surface area contributed by atoms with Gasteiger partial charge >= 0.3 is 0 Å². The summed E-state index contributed by atoms with van der Waals surface area (Å²) >= 11 is 6.07. The molecule has 1 saturated heterocycles. The number of nitrogens with one attached hydrogen (secondary N) is 1. The highest BCUT2D eigenvalue weighted by Gasteiger charge is 2.31. The van der Waals surface area contributed by atoms with Gasteiger partial charge < -0.3 is 14.8 Å². The molecule has 0 radical (unpaired) electrons. The Morgan fingerprint density at radius 2 is 2.28 bits per heavy atom. The molecule has 1 heterocycles. The molecule has 1 aliphatic heterocycles. The minimum Gasteiger partial charge on any atom is -0.495 e. The van der Waals surface area contributed by atoms with Crippen molar-refractivity contribution in [3.8, 4) is 5.75 Å². The van der Waals surface area contributed by atoms with Crippen LogP contribution < -0.4 is 10.1 Å². The highest BCUT2D eigenvalue weighted by molar-refractivity contribution is 6.32. The van der Waals surface area contributed by atoms with E-state index < -0.39 is 0 Å². The number of ether oxygens (including phenoxy) is 2. The lowest BCUT2D eigenvalue weighted by Gasteiger charge is -2.20. The first kappa shape index (κ1) is 13.5. The van der Waals surface area contributed by atoms with Crippen molar-refractivity contribution in [3.05, 3.63) is 23.2 Å². The topological polar surface area (TPSA) is 30.5 Å². The Morgan fingerprint density at radius 3 is 2.83 bits per heavy atom. The van der Waals surface area contributed by atoms with Crippen molar-refractivity contribution in [1.82, 2.24) is 0 Å². The summed E-state index contributed by atoms with van der Waals surface area (Å²) in [5.74, 6) is 0.695. The van der Waals surface area contributed by atoms with E-state index in [4.69, 9.17) is 21.1 Å². The third kappa shape index (κ3) is 3.30. The van der Waals surface area contributed by atoms with Crippen LogP contribution in [-0.2, 0) is 4.74 Å². The average molecular weight is 270 g/mol. The van der Waals surface area contributed by atoms with Gasteiger partial charge in [-0.2, -0.15) is 0 Å². The molecule has 4 heteroatoms. The Hall–Kier alpha value is -0.930. The largest absolute Gasteiger partial charge is 0.495 e. The molecule has 0 aliphatic carbocycles. The Bertz CT molecular complexity index is 420. The smallest absolute Gasteiger partial charge is 0.137 e. The van der Waals surface area contributed by atoms with Crippen LogP contribution >= 0.6 is 11.6 Å². The molecule has 100 valence electrons. The molecule has 0 amide bonds. The van der Waals surface area contributed by atoms with Gasteiger partial charge in [0.1, 0.15) is 5.75 Å². The quantitative estimate of drug-likeness (QED) is 0.904. The van der Waals surface area contributed by atoms with Crippen molar-refractivity contribution in [2.24, 2.45) is 0 Å². The van der Waals surface area contributed by atoms with Crippen LogP contribution in [-0.4, -0.2) is 25.4 Å². The van der Waals surface area contributed by atoms with E-state index >= 15 is 0 Å².